The van der Waals surface area contributed by atoms with Gasteiger partial charge in [-0.2, -0.15) is 0 Å². The summed E-state index contributed by atoms with van der Waals surface area (Å²) < 4.78 is 0. The van der Waals surface area contributed by atoms with E-state index in [2.05, 4.69) is 53.4 Å². The molecule has 0 fully saturated rings. The summed E-state index contributed by atoms with van der Waals surface area (Å²) in [6.45, 7) is 8.15. The molecule has 3 nitrogen and oxygen atoms in total. The second-order valence-corrected chi connectivity index (χ2v) is 4.72. The Balaban J connectivity index is 0.000000774. The first-order chi connectivity index (χ1) is 10.2. The summed E-state index contributed by atoms with van der Waals surface area (Å²) in [7, 11) is 0. The fourth-order valence-electron chi connectivity index (χ4n) is 2.00. The Morgan fingerprint density at radius 2 is 1.67 bits per heavy atom. The molecule has 21 heavy (non-hydrogen) atoms. The Morgan fingerprint density at radius 3 is 2.43 bits per heavy atom. The predicted molar refractivity (Wildman–Crippen MR) is 90.1 cm³/mol. The zero-order valence-corrected chi connectivity index (χ0v) is 13.0. The van der Waals surface area contributed by atoms with Gasteiger partial charge in [-0.15, -0.1) is 0 Å². The van der Waals surface area contributed by atoms with Crippen molar-refractivity contribution in [3.8, 4) is 0 Å². The van der Waals surface area contributed by atoms with Crippen LogP contribution in [0.2, 0.25) is 0 Å². The van der Waals surface area contributed by atoms with Crippen LogP contribution in [-0.4, -0.2) is 9.97 Å². The lowest BCUT2D eigenvalue weighted by molar-refractivity contribution is 1.21. The van der Waals surface area contributed by atoms with Crippen LogP contribution < -0.4 is 5.32 Å². The zero-order valence-electron chi connectivity index (χ0n) is 13.0. The van der Waals surface area contributed by atoms with Crippen molar-refractivity contribution < 1.29 is 0 Å². The van der Waals surface area contributed by atoms with Crippen molar-refractivity contribution in [2.24, 2.45) is 0 Å². The molecule has 0 atom stereocenters. The molecular formula is C18H21N3. The van der Waals surface area contributed by atoms with Gasteiger partial charge in [0.15, 0.2) is 0 Å². The van der Waals surface area contributed by atoms with E-state index in [1.54, 1.807) is 6.20 Å². The summed E-state index contributed by atoms with van der Waals surface area (Å²) in [6.07, 6.45) is 5.56. The van der Waals surface area contributed by atoms with Crippen molar-refractivity contribution in [1.29, 1.82) is 0 Å². The number of rotatable bonds is 2. The van der Waals surface area contributed by atoms with Gasteiger partial charge < -0.3 is 5.32 Å². The van der Waals surface area contributed by atoms with Gasteiger partial charge in [0, 0.05) is 29.7 Å². The van der Waals surface area contributed by atoms with Crippen LogP contribution in [0.4, 0.5) is 11.5 Å². The number of aryl methyl sites for hydroxylation is 2. The van der Waals surface area contributed by atoms with E-state index in [1.807, 2.05) is 32.3 Å². The number of hydrogen-bond acceptors (Lipinski definition) is 3. The summed E-state index contributed by atoms with van der Waals surface area (Å²) in [4.78, 5) is 8.53. The number of pyridine rings is 2. The van der Waals surface area contributed by atoms with Gasteiger partial charge in [-0.3, -0.25) is 4.98 Å². The maximum Gasteiger partial charge on any atom is 0.130 e. The second-order valence-electron chi connectivity index (χ2n) is 4.72. The first kappa shape index (κ1) is 15.0. The molecular weight excluding hydrogens is 258 g/mol. The molecule has 0 spiro atoms. The Kier molecular flexibility index (Phi) is 4.88. The lowest BCUT2D eigenvalue weighted by Gasteiger charge is -2.08. The molecule has 3 rings (SSSR count). The molecule has 0 bridgehead atoms. The maximum absolute atomic E-state index is 4.39. The first-order valence-electron chi connectivity index (χ1n) is 7.26. The Morgan fingerprint density at radius 1 is 0.857 bits per heavy atom. The fraction of sp³-hybridized carbons (Fsp3) is 0.222. The molecule has 3 heteroatoms. The minimum Gasteiger partial charge on any atom is -0.340 e. The molecule has 0 unspecified atom stereocenters. The van der Waals surface area contributed by atoms with Gasteiger partial charge in [0.1, 0.15) is 5.82 Å². The highest BCUT2D eigenvalue weighted by molar-refractivity contribution is 5.85. The molecule has 0 saturated heterocycles. The van der Waals surface area contributed by atoms with Crippen LogP contribution in [0.3, 0.4) is 0 Å². The molecule has 108 valence electrons. The van der Waals surface area contributed by atoms with Gasteiger partial charge in [-0.25, -0.2) is 4.98 Å². The van der Waals surface area contributed by atoms with E-state index >= 15 is 0 Å². The highest BCUT2D eigenvalue weighted by Crippen LogP contribution is 2.21. The van der Waals surface area contributed by atoms with Gasteiger partial charge in [0.2, 0.25) is 0 Å². The maximum atomic E-state index is 4.39. The SMILES string of the molecule is CC.Cc1cnc(Nc2ccc3ccncc3c2)cc1C. The average Bonchev–Trinajstić information content (AvgIpc) is 2.53. The van der Waals surface area contributed by atoms with Crippen LogP contribution in [0.15, 0.2) is 48.9 Å². The lowest BCUT2D eigenvalue weighted by Crippen LogP contribution is -1.95. The van der Waals surface area contributed by atoms with Gasteiger partial charge >= 0.3 is 0 Å². The topological polar surface area (TPSA) is 37.8 Å². The summed E-state index contributed by atoms with van der Waals surface area (Å²) in [5.41, 5.74) is 3.46. The third kappa shape index (κ3) is 3.57. The van der Waals surface area contributed by atoms with E-state index in [0.29, 0.717) is 0 Å². The van der Waals surface area contributed by atoms with E-state index in [1.165, 1.54) is 16.5 Å². The molecule has 0 amide bonds. The Hall–Kier alpha value is -2.42. The van der Waals surface area contributed by atoms with Gasteiger partial charge in [0.25, 0.3) is 0 Å². The van der Waals surface area contributed by atoms with Crippen LogP contribution in [0.25, 0.3) is 10.8 Å². The molecule has 1 N–H and O–H groups in total. The summed E-state index contributed by atoms with van der Waals surface area (Å²) >= 11 is 0. The van der Waals surface area contributed by atoms with Crippen LogP contribution in [0.1, 0.15) is 25.0 Å². The molecule has 1 aromatic carbocycles. The summed E-state index contributed by atoms with van der Waals surface area (Å²) in [5, 5.41) is 5.64. The lowest BCUT2D eigenvalue weighted by atomic mass is 10.1. The molecule has 0 aliphatic carbocycles. The number of benzene rings is 1. The fourth-order valence-corrected chi connectivity index (χ4v) is 2.00. The van der Waals surface area contributed by atoms with Crippen molar-refractivity contribution in [3.05, 3.63) is 60.0 Å². The van der Waals surface area contributed by atoms with E-state index in [4.69, 9.17) is 0 Å². The van der Waals surface area contributed by atoms with E-state index in [-0.39, 0.29) is 0 Å². The number of nitrogens with one attached hydrogen (secondary N) is 1. The van der Waals surface area contributed by atoms with E-state index < -0.39 is 0 Å². The Labute approximate surface area is 126 Å². The third-order valence-electron chi connectivity index (χ3n) is 3.29. The zero-order chi connectivity index (χ0) is 15.2. The van der Waals surface area contributed by atoms with Crippen molar-refractivity contribution in [3.63, 3.8) is 0 Å². The van der Waals surface area contributed by atoms with E-state index in [0.717, 1.165) is 16.9 Å². The highest BCUT2D eigenvalue weighted by atomic mass is 15.0. The minimum atomic E-state index is 0.867. The molecule has 0 aliphatic heterocycles. The molecule has 3 aromatic rings. The third-order valence-corrected chi connectivity index (χ3v) is 3.29. The number of hydrogen-bond donors (Lipinski definition) is 1. The van der Waals surface area contributed by atoms with Crippen molar-refractivity contribution in [2.45, 2.75) is 27.7 Å². The molecule has 0 aliphatic rings. The summed E-state index contributed by atoms with van der Waals surface area (Å²) in [6, 6.07) is 10.3. The quantitative estimate of drug-likeness (QED) is 0.716. The number of fused-ring (bicyclic) bond motifs is 1. The molecule has 2 heterocycles. The second kappa shape index (κ2) is 6.84. The number of nitrogens with zero attached hydrogens (tertiary/aromatic N) is 2. The minimum absolute atomic E-state index is 0.867. The monoisotopic (exact) mass is 279 g/mol. The average molecular weight is 279 g/mol. The predicted octanol–water partition coefficient (Wildman–Crippen LogP) is 5.02. The smallest absolute Gasteiger partial charge is 0.130 e. The van der Waals surface area contributed by atoms with Crippen LogP contribution in [0, 0.1) is 13.8 Å². The Bertz CT molecular complexity index is 735. The number of aromatic nitrogens is 2. The van der Waals surface area contributed by atoms with E-state index in [9.17, 15) is 0 Å². The van der Waals surface area contributed by atoms with Gasteiger partial charge in [-0.05, 0) is 54.6 Å². The number of anilines is 2. The van der Waals surface area contributed by atoms with Gasteiger partial charge in [0.05, 0.1) is 0 Å². The highest BCUT2D eigenvalue weighted by Gasteiger charge is 2.00. The largest absolute Gasteiger partial charge is 0.340 e. The standard InChI is InChI=1S/C16H15N3.C2H6/c1-11-7-16(18-9-12(11)2)19-15-4-3-13-5-6-17-10-14(13)8-15;1-2/h3-10H,1-2H3,(H,18,19);1-2H3. The van der Waals surface area contributed by atoms with Crippen LogP contribution in [0.5, 0.6) is 0 Å². The van der Waals surface area contributed by atoms with Gasteiger partial charge in [-0.1, -0.05) is 19.9 Å². The van der Waals surface area contributed by atoms with Crippen LogP contribution in [-0.2, 0) is 0 Å². The molecule has 0 saturated carbocycles. The first-order valence-corrected chi connectivity index (χ1v) is 7.26. The molecule has 2 aromatic heterocycles. The summed E-state index contributed by atoms with van der Waals surface area (Å²) in [5.74, 6) is 0.867. The normalized spacial score (nSPS) is 9.90. The van der Waals surface area contributed by atoms with Crippen LogP contribution >= 0.6 is 0 Å². The van der Waals surface area contributed by atoms with Crippen molar-refractivity contribution in [2.75, 3.05) is 5.32 Å². The molecule has 0 radical (unpaired) electrons. The van der Waals surface area contributed by atoms with Crippen molar-refractivity contribution in [1.82, 2.24) is 9.97 Å². The van der Waals surface area contributed by atoms with Crippen molar-refractivity contribution >= 4 is 22.3 Å².